The van der Waals surface area contributed by atoms with Gasteiger partial charge in [0, 0.05) is 31.4 Å². The highest BCUT2D eigenvalue weighted by molar-refractivity contribution is 7.92. The second-order valence-electron chi connectivity index (χ2n) is 5.02. The van der Waals surface area contributed by atoms with Crippen LogP contribution in [0.25, 0.3) is 0 Å². The molecular formula is C15H24N2O4S. The zero-order chi connectivity index (χ0) is 16.4. The molecule has 22 heavy (non-hydrogen) atoms. The predicted octanol–water partition coefficient (Wildman–Crippen LogP) is 1.78. The van der Waals surface area contributed by atoms with Crippen LogP contribution in [0.5, 0.6) is 0 Å². The molecule has 0 fully saturated rings. The molecule has 1 aromatic rings. The van der Waals surface area contributed by atoms with Crippen molar-refractivity contribution in [3.05, 3.63) is 29.8 Å². The molecule has 0 heterocycles. The van der Waals surface area contributed by atoms with Crippen molar-refractivity contribution < 1.29 is 17.9 Å². The van der Waals surface area contributed by atoms with E-state index in [4.69, 9.17) is 10.5 Å². The van der Waals surface area contributed by atoms with Gasteiger partial charge in [-0.1, -0.05) is 18.6 Å². The number of hydrogen-bond acceptors (Lipinski definition) is 5. The summed E-state index contributed by atoms with van der Waals surface area (Å²) in [5.41, 5.74) is 6.22. The second-order valence-corrected chi connectivity index (χ2v) is 6.86. The standard InChI is InChI=1S/C15H24N2O4S/c1-21-10-3-2-4-11-22(19,20)17-14-7-5-6-13(12-14)15(18)8-9-16/h5-7,12,17H,2-4,8-11,16H2,1H3. The molecule has 0 aliphatic carbocycles. The highest BCUT2D eigenvalue weighted by atomic mass is 32.2. The minimum atomic E-state index is -3.40. The number of anilines is 1. The number of carbonyl (C=O) groups is 1. The minimum absolute atomic E-state index is 0.0533. The Morgan fingerprint density at radius 1 is 1.27 bits per heavy atom. The lowest BCUT2D eigenvalue weighted by atomic mass is 10.1. The Balaban J connectivity index is 2.57. The highest BCUT2D eigenvalue weighted by Crippen LogP contribution is 2.14. The van der Waals surface area contributed by atoms with Crippen LogP contribution in [0.2, 0.25) is 0 Å². The van der Waals surface area contributed by atoms with Crippen LogP contribution in [-0.2, 0) is 14.8 Å². The maximum Gasteiger partial charge on any atom is 0.232 e. The molecule has 0 aromatic heterocycles. The Kier molecular flexibility index (Phi) is 8.08. The first-order valence-corrected chi connectivity index (χ1v) is 8.96. The first-order valence-electron chi connectivity index (χ1n) is 7.31. The van der Waals surface area contributed by atoms with Crippen LogP contribution in [0.15, 0.2) is 24.3 Å². The molecule has 0 bridgehead atoms. The third kappa shape index (κ3) is 7.02. The number of Topliss-reactive ketones (excluding diaryl/α,β-unsaturated/α-hetero) is 1. The average Bonchev–Trinajstić information content (AvgIpc) is 2.47. The quantitative estimate of drug-likeness (QED) is 0.476. The molecule has 0 aliphatic rings. The number of hydrogen-bond donors (Lipinski definition) is 2. The van der Waals surface area contributed by atoms with E-state index in [1.807, 2.05) is 0 Å². The van der Waals surface area contributed by atoms with E-state index < -0.39 is 10.0 Å². The maximum absolute atomic E-state index is 12.0. The van der Waals surface area contributed by atoms with Crippen LogP contribution in [-0.4, -0.2) is 40.2 Å². The SMILES string of the molecule is COCCCCCS(=O)(=O)Nc1cccc(C(=O)CCN)c1. The number of ketones is 1. The van der Waals surface area contributed by atoms with Crippen molar-refractivity contribution in [3.63, 3.8) is 0 Å². The topological polar surface area (TPSA) is 98.5 Å². The van der Waals surface area contributed by atoms with Crippen molar-refractivity contribution in [2.24, 2.45) is 5.73 Å². The third-order valence-corrected chi connectivity index (χ3v) is 4.46. The fraction of sp³-hybridized carbons (Fsp3) is 0.533. The van der Waals surface area contributed by atoms with Gasteiger partial charge in [-0.3, -0.25) is 9.52 Å². The molecule has 0 unspecified atom stereocenters. The lowest BCUT2D eigenvalue weighted by Gasteiger charge is -2.09. The smallest absolute Gasteiger partial charge is 0.232 e. The van der Waals surface area contributed by atoms with Gasteiger partial charge in [-0.25, -0.2) is 8.42 Å². The summed E-state index contributed by atoms with van der Waals surface area (Å²) < 4.78 is 31.4. The van der Waals surface area contributed by atoms with Crippen molar-refractivity contribution in [3.8, 4) is 0 Å². The van der Waals surface area contributed by atoms with Crippen LogP contribution < -0.4 is 10.5 Å². The number of benzene rings is 1. The zero-order valence-electron chi connectivity index (χ0n) is 12.9. The number of rotatable bonds is 11. The van der Waals surface area contributed by atoms with Gasteiger partial charge in [0.2, 0.25) is 10.0 Å². The van der Waals surface area contributed by atoms with Gasteiger partial charge in [0.1, 0.15) is 0 Å². The van der Waals surface area contributed by atoms with Crippen LogP contribution in [0.1, 0.15) is 36.0 Å². The number of carbonyl (C=O) groups excluding carboxylic acids is 1. The number of nitrogens with one attached hydrogen (secondary N) is 1. The van der Waals surface area contributed by atoms with Crippen molar-refractivity contribution >= 4 is 21.5 Å². The summed E-state index contributed by atoms with van der Waals surface area (Å²) in [6, 6.07) is 6.48. The summed E-state index contributed by atoms with van der Waals surface area (Å²) in [5.74, 6) is -0.0411. The Morgan fingerprint density at radius 2 is 2.05 bits per heavy atom. The third-order valence-electron chi connectivity index (χ3n) is 3.09. The Bertz CT molecular complexity index is 573. The molecule has 124 valence electrons. The van der Waals surface area contributed by atoms with E-state index >= 15 is 0 Å². The van der Waals surface area contributed by atoms with Crippen LogP contribution in [0, 0.1) is 0 Å². The molecular weight excluding hydrogens is 304 g/mol. The summed E-state index contributed by atoms with van der Waals surface area (Å²) in [7, 11) is -1.78. The van der Waals surface area contributed by atoms with E-state index in [9.17, 15) is 13.2 Å². The van der Waals surface area contributed by atoms with Gasteiger partial charge < -0.3 is 10.5 Å². The van der Waals surface area contributed by atoms with Crippen LogP contribution >= 0.6 is 0 Å². The van der Waals surface area contributed by atoms with E-state index in [-0.39, 0.29) is 24.5 Å². The van der Waals surface area contributed by atoms with Gasteiger partial charge in [-0.05, 0) is 31.5 Å². The Hall–Kier alpha value is -1.44. The molecule has 0 spiro atoms. The monoisotopic (exact) mass is 328 g/mol. The highest BCUT2D eigenvalue weighted by Gasteiger charge is 2.11. The van der Waals surface area contributed by atoms with Crippen LogP contribution in [0.4, 0.5) is 5.69 Å². The summed E-state index contributed by atoms with van der Waals surface area (Å²) in [4.78, 5) is 11.8. The maximum atomic E-state index is 12.0. The molecule has 1 aromatic carbocycles. The van der Waals surface area contributed by atoms with Crippen LogP contribution in [0.3, 0.4) is 0 Å². The average molecular weight is 328 g/mol. The predicted molar refractivity (Wildman–Crippen MR) is 87.6 cm³/mol. The lowest BCUT2D eigenvalue weighted by Crippen LogP contribution is -2.17. The molecule has 0 radical (unpaired) electrons. The number of ether oxygens (including phenoxy) is 1. The second kappa shape index (κ2) is 9.55. The van der Waals surface area contributed by atoms with Gasteiger partial charge in [0.05, 0.1) is 5.75 Å². The van der Waals surface area contributed by atoms with Crippen molar-refractivity contribution in [1.29, 1.82) is 0 Å². The summed E-state index contributed by atoms with van der Waals surface area (Å²) in [5, 5.41) is 0. The van der Waals surface area contributed by atoms with Gasteiger partial charge >= 0.3 is 0 Å². The van der Waals surface area contributed by atoms with Gasteiger partial charge in [0.15, 0.2) is 5.78 Å². The summed E-state index contributed by atoms with van der Waals surface area (Å²) in [6.45, 7) is 0.912. The van der Waals surface area contributed by atoms with Crippen molar-refractivity contribution in [1.82, 2.24) is 0 Å². The van der Waals surface area contributed by atoms with E-state index in [0.717, 1.165) is 12.8 Å². The molecule has 0 atom stereocenters. The van der Waals surface area contributed by atoms with Crippen molar-refractivity contribution in [2.45, 2.75) is 25.7 Å². The van der Waals surface area contributed by atoms with Gasteiger partial charge in [0.25, 0.3) is 0 Å². The molecule has 0 aliphatic heterocycles. The molecule has 0 amide bonds. The first-order chi connectivity index (χ1) is 10.5. The number of nitrogens with two attached hydrogens (primary N) is 1. The fourth-order valence-electron chi connectivity index (χ4n) is 1.98. The fourth-order valence-corrected chi connectivity index (χ4v) is 3.15. The largest absolute Gasteiger partial charge is 0.385 e. The summed E-state index contributed by atoms with van der Waals surface area (Å²) in [6.07, 6.45) is 2.46. The normalized spacial score (nSPS) is 11.4. The first kappa shape index (κ1) is 18.6. The summed E-state index contributed by atoms with van der Waals surface area (Å²) >= 11 is 0. The molecule has 7 heteroatoms. The molecule has 3 N–H and O–H groups in total. The van der Waals surface area contributed by atoms with Crippen molar-refractivity contribution in [2.75, 3.05) is 30.7 Å². The van der Waals surface area contributed by atoms with E-state index in [0.29, 0.717) is 24.3 Å². The Morgan fingerprint density at radius 3 is 2.73 bits per heavy atom. The van der Waals surface area contributed by atoms with E-state index in [1.165, 1.54) is 0 Å². The Labute approximate surface area is 132 Å². The molecule has 0 saturated heterocycles. The van der Waals surface area contributed by atoms with Gasteiger partial charge in [-0.15, -0.1) is 0 Å². The molecule has 0 saturated carbocycles. The lowest BCUT2D eigenvalue weighted by molar-refractivity contribution is 0.0985. The number of methoxy groups -OCH3 is 1. The zero-order valence-corrected chi connectivity index (χ0v) is 13.7. The molecule has 1 rings (SSSR count). The van der Waals surface area contributed by atoms with E-state index in [1.54, 1.807) is 31.4 Å². The number of unbranched alkanes of at least 4 members (excludes halogenated alkanes) is 2. The molecule has 6 nitrogen and oxygen atoms in total. The number of sulfonamides is 1. The minimum Gasteiger partial charge on any atom is -0.385 e. The van der Waals surface area contributed by atoms with E-state index in [2.05, 4.69) is 4.72 Å². The van der Waals surface area contributed by atoms with Gasteiger partial charge in [-0.2, -0.15) is 0 Å².